The van der Waals surface area contributed by atoms with Gasteiger partial charge in [0, 0.05) is 38.3 Å². The number of carbonyl (C=O) groups is 1. The molecular weight excluding hydrogens is 410 g/mol. The highest BCUT2D eigenvalue weighted by atomic mass is 32.2. The van der Waals surface area contributed by atoms with Gasteiger partial charge in [0.2, 0.25) is 10.0 Å². The second-order valence-electron chi connectivity index (χ2n) is 7.06. The minimum absolute atomic E-state index is 0.105. The monoisotopic (exact) mass is 433 g/mol. The van der Waals surface area contributed by atoms with Crippen LogP contribution in [0.15, 0.2) is 53.4 Å². The van der Waals surface area contributed by atoms with Crippen molar-refractivity contribution in [3.8, 4) is 5.75 Å². The van der Waals surface area contributed by atoms with Gasteiger partial charge in [-0.2, -0.15) is 4.31 Å². The number of piperazine rings is 1. The molecule has 1 amide bonds. The minimum atomic E-state index is -3.88. The van der Waals surface area contributed by atoms with Crippen molar-refractivity contribution in [3.63, 3.8) is 0 Å². The zero-order chi connectivity index (χ0) is 21.9. The predicted molar refractivity (Wildman–Crippen MR) is 110 cm³/mol. The molecule has 1 heterocycles. The minimum Gasteiger partial charge on any atom is -0.481 e. The van der Waals surface area contributed by atoms with Gasteiger partial charge in [-0.05, 0) is 32.0 Å². The zero-order valence-electron chi connectivity index (χ0n) is 16.7. The van der Waals surface area contributed by atoms with E-state index >= 15 is 0 Å². The summed E-state index contributed by atoms with van der Waals surface area (Å²) in [4.78, 5) is 24.4. The van der Waals surface area contributed by atoms with Crippen LogP contribution in [0.2, 0.25) is 0 Å². The first kappa shape index (κ1) is 21.7. The van der Waals surface area contributed by atoms with E-state index in [1.807, 2.05) is 19.1 Å². The lowest BCUT2D eigenvalue weighted by Crippen LogP contribution is -2.53. The highest BCUT2D eigenvalue weighted by Crippen LogP contribution is 2.22. The van der Waals surface area contributed by atoms with Gasteiger partial charge in [0.1, 0.15) is 5.75 Å². The maximum Gasteiger partial charge on any atom is 0.270 e. The Bertz CT molecular complexity index is 1030. The van der Waals surface area contributed by atoms with E-state index in [0.717, 1.165) is 11.6 Å². The van der Waals surface area contributed by atoms with E-state index in [0.29, 0.717) is 5.75 Å². The first-order valence-electron chi connectivity index (χ1n) is 9.45. The molecule has 0 spiro atoms. The van der Waals surface area contributed by atoms with Crippen LogP contribution in [0.25, 0.3) is 0 Å². The van der Waals surface area contributed by atoms with Gasteiger partial charge < -0.3 is 9.64 Å². The van der Waals surface area contributed by atoms with E-state index < -0.39 is 21.1 Å². The van der Waals surface area contributed by atoms with Crippen molar-refractivity contribution < 1.29 is 22.9 Å². The Morgan fingerprint density at radius 1 is 1.10 bits per heavy atom. The summed E-state index contributed by atoms with van der Waals surface area (Å²) in [5.74, 6) is 0.372. The average molecular weight is 433 g/mol. The van der Waals surface area contributed by atoms with Crippen molar-refractivity contribution in [1.29, 1.82) is 0 Å². The van der Waals surface area contributed by atoms with Crippen LogP contribution in [0.3, 0.4) is 0 Å². The van der Waals surface area contributed by atoms with Gasteiger partial charge in [-0.15, -0.1) is 0 Å². The SMILES string of the molecule is Cc1ccc(OC(C)C(=O)N2CCN(S(=O)(=O)c3cccc([N+](=O)[O-])c3)CC2)cc1. The van der Waals surface area contributed by atoms with Crippen LogP contribution in [0, 0.1) is 17.0 Å². The Morgan fingerprint density at radius 3 is 2.33 bits per heavy atom. The maximum atomic E-state index is 12.8. The lowest BCUT2D eigenvalue weighted by Gasteiger charge is -2.35. The lowest BCUT2D eigenvalue weighted by molar-refractivity contribution is -0.385. The van der Waals surface area contributed by atoms with Crippen LogP contribution < -0.4 is 4.74 Å². The smallest absolute Gasteiger partial charge is 0.270 e. The van der Waals surface area contributed by atoms with Crippen LogP contribution >= 0.6 is 0 Å². The summed E-state index contributed by atoms with van der Waals surface area (Å²) in [6.07, 6.45) is -0.701. The molecule has 10 heteroatoms. The molecule has 0 aliphatic carbocycles. The molecule has 2 aromatic rings. The van der Waals surface area contributed by atoms with Crippen LogP contribution in [0.5, 0.6) is 5.75 Å². The summed E-state index contributed by atoms with van der Waals surface area (Å²) in [5, 5.41) is 10.9. The van der Waals surface area contributed by atoms with E-state index in [1.165, 1.54) is 22.5 Å². The number of nitro groups is 1. The molecule has 1 saturated heterocycles. The Labute approximate surface area is 175 Å². The molecule has 30 heavy (non-hydrogen) atoms. The normalized spacial score (nSPS) is 16.1. The second kappa shape index (κ2) is 8.80. The molecule has 1 aliphatic heterocycles. The van der Waals surface area contributed by atoms with Gasteiger partial charge in [0.15, 0.2) is 6.10 Å². The van der Waals surface area contributed by atoms with Crippen molar-refractivity contribution in [1.82, 2.24) is 9.21 Å². The molecule has 0 saturated carbocycles. The van der Waals surface area contributed by atoms with E-state index in [9.17, 15) is 23.3 Å². The van der Waals surface area contributed by atoms with Crippen molar-refractivity contribution >= 4 is 21.6 Å². The molecular formula is C20H23N3O6S. The number of benzene rings is 2. The van der Waals surface area contributed by atoms with Gasteiger partial charge in [-0.25, -0.2) is 8.42 Å². The molecule has 1 atom stereocenters. The number of non-ortho nitro benzene ring substituents is 1. The molecule has 160 valence electrons. The third-order valence-electron chi connectivity index (χ3n) is 4.90. The van der Waals surface area contributed by atoms with Gasteiger partial charge in [-0.1, -0.05) is 23.8 Å². The molecule has 9 nitrogen and oxygen atoms in total. The Balaban J connectivity index is 1.62. The third-order valence-corrected chi connectivity index (χ3v) is 6.79. The maximum absolute atomic E-state index is 12.8. The van der Waals surface area contributed by atoms with Gasteiger partial charge in [0.05, 0.1) is 9.82 Å². The van der Waals surface area contributed by atoms with Crippen molar-refractivity contribution in [2.45, 2.75) is 24.8 Å². The number of ether oxygens (including phenoxy) is 1. The molecule has 0 radical (unpaired) electrons. The second-order valence-corrected chi connectivity index (χ2v) is 8.99. The highest BCUT2D eigenvalue weighted by molar-refractivity contribution is 7.89. The van der Waals surface area contributed by atoms with E-state index in [1.54, 1.807) is 24.0 Å². The van der Waals surface area contributed by atoms with Crippen LogP contribution in [0.4, 0.5) is 5.69 Å². The lowest BCUT2D eigenvalue weighted by atomic mass is 10.2. The quantitative estimate of drug-likeness (QED) is 0.510. The number of sulfonamides is 1. The van der Waals surface area contributed by atoms with E-state index in [-0.39, 0.29) is 42.7 Å². The fourth-order valence-electron chi connectivity index (χ4n) is 3.18. The summed E-state index contributed by atoms with van der Waals surface area (Å²) >= 11 is 0. The third kappa shape index (κ3) is 4.77. The topological polar surface area (TPSA) is 110 Å². The molecule has 1 aliphatic rings. The Kier molecular flexibility index (Phi) is 6.37. The van der Waals surface area contributed by atoms with Crippen LogP contribution in [-0.2, 0) is 14.8 Å². The van der Waals surface area contributed by atoms with E-state index in [2.05, 4.69) is 0 Å². The van der Waals surface area contributed by atoms with Crippen LogP contribution in [0.1, 0.15) is 12.5 Å². The fourth-order valence-corrected chi connectivity index (χ4v) is 4.65. The number of hydrogen-bond acceptors (Lipinski definition) is 6. The number of aryl methyl sites for hydroxylation is 1. The largest absolute Gasteiger partial charge is 0.481 e. The van der Waals surface area contributed by atoms with Crippen molar-refractivity contribution in [3.05, 3.63) is 64.2 Å². The number of nitrogens with zero attached hydrogens (tertiary/aromatic N) is 3. The van der Waals surface area contributed by atoms with Gasteiger partial charge in [0.25, 0.3) is 11.6 Å². The average Bonchev–Trinajstić information content (AvgIpc) is 2.75. The molecule has 0 N–H and O–H groups in total. The van der Waals surface area contributed by atoms with Crippen LogP contribution in [-0.4, -0.2) is 60.7 Å². The summed E-state index contributed by atoms with van der Waals surface area (Å²) in [6, 6.07) is 12.3. The zero-order valence-corrected chi connectivity index (χ0v) is 17.5. The number of amides is 1. The number of nitro benzene ring substituents is 1. The van der Waals surface area contributed by atoms with E-state index in [4.69, 9.17) is 4.74 Å². The first-order chi connectivity index (χ1) is 14.2. The summed E-state index contributed by atoms with van der Waals surface area (Å²) in [5.41, 5.74) is 0.800. The molecule has 1 fully saturated rings. The Morgan fingerprint density at radius 2 is 1.73 bits per heavy atom. The number of rotatable bonds is 6. The highest BCUT2D eigenvalue weighted by Gasteiger charge is 2.32. The molecule has 0 bridgehead atoms. The number of carbonyl (C=O) groups excluding carboxylic acids is 1. The number of hydrogen-bond donors (Lipinski definition) is 0. The molecule has 2 aromatic carbocycles. The van der Waals surface area contributed by atoms with Gasteiger partial charge >= 0.3 is 0 Å². The summed E-state index contributed by atoms with van der Waals surface area (Å²) in [6.45, 7) is 4.26. The standard InChI is InChI=1S/C20H23N3O6S/c1-15-6-8-18(9-7-15)29-16(2)20(24)21-10-12-22(13-11-21)30(27,28)19-5-3-4-17(14-19)23(25)26/h3-9,14,16H,10-13H2,1-2H3. The fraction of sp³-hybridized carbons (Fsp3) is 0.350. The Hall–Kier alpha value is -2.98. The van der Waals surface area contributed by atoms with Crippen molar-refractivity contribution in [2.24, 2.45) is 0 Å². The van der Waals surface area contributed by atoms with Crippen molar-refractivity contribution in [2.75, 3.05) is 26.2 Å². The summed E-state index contributed by atoms with van der Waals surface area (Å²) in [7, 11) is -3.88. The first-order valence-corrected chi connectivity index (χ1v) is 10.9. The molecule has 0 aromatic heterocycles. The van der Waals surface area contributed by atoms with Gasteiger partial charge in [-0.3, -0.25) is 14.9 Å². The summed E-state index contributed by atoms with van der Waals surface area (Å²) < 4.78 is 32.6. The molecule has 1 unspecified atom stereocenters. The predicted octanol–water partition coefficient (Wildman–Crippen LogP) is 2.20. The molecule has 3 rings (SSSR count).